The van der Waals surface area contributed by atoms with Crippen LogP contribution in [0.3, 0.4) is 0 Å². The summed E-state index contributed by atoms with van der Waals surface area (Å²) in [6, 6.07) is 5.80. The van der Waals surface area contributed by atoms with Crippen LogP contribution >= 0.6 is 0 Å². The molecule has 1 rings (SSSR count). The van der Waals surface area contributed by atoms with E-state index in [1.165, 1.54) is 30.1 Å². The number of carbonyl (C=O) groups excluding carboxylic acids is 1. The molecule has 0 saturated carbocycles. The molecule has 0 fully saturated rings. The molecule has 0 aliphatic carbocycles. The van der Waals surface area contributed by atoms with E-state index in [1.807, 2.05) is 0 Å². The van der Waals surface area contributed by atoms with Crippen LogP contribution in [0.4, 0.5) is 13.2 Å². The van der Waals surface area contributed by atoms with Crippen molar-refractivity contribution in [2.24, 2.45) is 0 Å². The Hall–Kier alpha value is -2.25. The summed E-state index contributed by atoms with van der Waals surface area (Å²) in [5.41, 5.74) is 0.492. The lowest BCUT2D eigenvalue weighted by atomic mass is 10.1. The average molecular weight is 319 g/mol. The van der Waals surface area contributed by atoms with Crippen molar-refractivity contribution < 1.29 is 32.6 Å². The summed E-state index contributed by atoms with van der Waals surface area (Å²) < 4.78 is 40.8. The van der Waals surface area contributed by atoms with Gasteiger partial charge in [0.05, 0.1) is 12.8 Å². The molecule has 1 aromatic rings. The van der Waals surface area contributed by atoms with Crippen molar-refractivity contribution in [3.8, 4) is 5.75 Å². The molecule has 0 saturated heterocycles. The van der Waals surface area contributed by atoms with Gasteiger partial charge < -0.3 is 14.7 Å². The second kappa shape index (κ2) is 7.67. The van der Waals surface area contributed by atoms with Gasteiger partial charge in [0.2, 0.25) is 5.91 Å². The molecule has 0 heterocycles. The van der Waals surface area contributed by atoms with Gasteiger partial charge in [-0.15, -0.1) is 0 Å². The van der Waals surface area contributed by atoms with Gasteiger partial charge in [0, 0.05) is 13.6 Å². The van der Waals surface area contributed by atoms with Crippen molar-refractivity contribution in [3.63, 3.8) is 0 Å². The van der Waals surface area contributed by atoms with Gasteiger partial charge in [-0.3, -0.25) is 9.59 Å². The molecule has 0 aliphatic rings. The summed E-state index contributed by atoms with van der Waals surface area (Å²) in [6.45, 7) is -1.33. The van der Waals surface area contributed by atoms with Gasteiger partial charge in [0.1, 0.15) is 5.75 Å². The molecular formula is C14H16F3NO4. The molecule has 0 bridgehead atoms. The Morgan fingerprint density at radius 3 is 2.59 bits per heavy atom. The Morgan fingerprint density at radius 1 is 1.32 bits per heavy atom. The Balaban J connectivity index is 2.58. The van der Waals surface area contributed by atoms with Gasteiger partial charge in [0.25, 0.3) is 0 Å². The number of alkyl halides is 3. The van der Waals surface area contributed by atoms with Crippen LogP contribution in [-0.4, -0.2) is 48.3 Å². The van der Waals surface area contributed by atoms with Crippen LogP contribution in [0.25, 0.3) is 0 Å². The van der Waals surface area contributed by atoms with E-state index in [0.717, 1.165) is 0 Å². The quantitative estimate of drug-likeness (QED) is 0.836. The molecule has 0 atom stereocenters. The molecule has 0 unspecified atom stereocenters. The van der Waals surface area contributed by atoms with Gasteiger partial charge in [-0.25, -0.2) is 0 Å². The first kappa shape index (κ1) is 17.8. The normalized spacial score (nSPS) is 11.1. The number of hydrogen-bond acceptors (Lipinski definition) is 3. The maximum Gasteiger partial charge on any atom is 0.422 e. The number of halogens is 3. The summed E-state index contributed by atoms with van der Waals surface area (Å²) in [5.74, 6) is -1.31. The Morgan fingerprint density at radius 2 is 2.00 bits per heavy atom. The van der Waals surface area contributed by atoms with Crippen LogP contribution in [0.2, 0.25) is 0 Å². The van der Waals surface area contributed by atoms with Crippen LogP contribution in [0.15, 0.2) is 24.3 Å². The van der Waals surface area contributed by atoms with E-state index in [4.69, 9.17) is 5.11 Å². The van der Waals surface area contributed by atoms with Gasteiger partial charge >= 0.3 is 12.1 Å². The zero-order valence-electron chi connectivity index (χ0n) is 11.9. The van der Waals surface area contributed by atoms with E-state index in [-0.39, 0.29) is 31.0 Å². The summed E-state index contributed by atoms with van der Waals surface area (Å²) in [6.07, 6.45) is -4.64. The third kappa shape index (κ3) is 6.96. The molecule has 0 radical (unpaired) electrons. The molecular weight excluding hydrogens is 303 g/mol. The zero-order valence-corrected chi connectivity index (χ0v) is 11.9. The van der Waals surface area contributed by atoms with E-state index in [9.17, 15) is 22.8 Å². The molecule has 1 amide bonds. The SMILES string of the molecule is CN(CCC(=O)O)C(=O)Cc1cccc(OCC(F)(F)F)c1. The van der Waals surface area contributed by atoms with Crippen LogP contribution in [-0.2, 0) is 16.0 Å². The summed E-state index contributed by atoms with van der Waals surface area (Å²) in [7, 11) is 1.47. The van der Waals surface area contributed by atoms with Gasteiger partial charge in [-0.2, -0.15) is 13.2 Å². The fourth-order valence-corrected chi connectivity index (χ4v) is 1.61. The fraction of sp³-hybridized carbons (Fsp3) is 0.429. The predicted molar refractivity (Wildman–Crippen MR) is 71.6 cm³/mol. The first-order valence-corrected chi connectivity index (χ1v) is 6.41. The topological polar surface area (TPSA) is 66.8 Å². The number of amides is 1. The average Bonchev–Trinajstić information content (AvgIpc) is 2.42. The number of hydrogen-bond donors (Lipinski definition) is 1. The number of carboxylic acid groups (broad SMARTS) is 1. The van der Waals surface area contributed by atoms with Crippen molar-refractivity contribution in [1.82, 2.24) is 4.90 Å². The third-order valence-corrected chi connectivity index (χ3v) is 2.74. The lowest BCUT2D eigenvalue weighted by molar-refractivity contribution is -0.153. The second-order valence-electron chi connectivity index (χ2n) is 4.69. The summed E-state index contributed by atoms with van der Waals surface area (Å²) in [4.78, 5) is 23.6. The number of likely N-dealkylation sites (N-methyl/N-ethyl adjacent to an activating group) is 1. The van der Waals surface area contributed by atoms with Gasteiger partial charge in [-0.05, 0) is 17.7 Å². The summed E-state index contributed by atoms with van der Waals surface area (Å²) in [5, 5.41) is 8.55. The molecule has 1 aromatic carbocycles. The number of rotatable bonds is 7. The second-order valence-corrected chi connectivity index (χ2v) is 4.69. The standard InChI is InChI=1S/C14H16F3NO4/c1-18(6-5-13(20)21)12(19)8-10-3-2-4-11(7-10)22-9-14(15,16)17/h2-4,7H,5-6,8-9H2,1H3,(H,20,21). The van der Waals surface area contributed by atoms with E-state index in [0.29, 0.717) is 5.56 Å². The fourth-order valence-electron chi connectivity index (χ4n) is 1.61. The lowest BCUT2D eigenvalue weighted by Gasteiger charge is -2.16. The predicted octanol–water partition coefficient (Wildman–Crippen LogP) is 2.10. The van der Waals surface area contributed by atoms with E-state index in [2.05, 4.69) is 4.74 Å². The highest BCUT2D eigenvalue weighted by molar-refractivity contribution is 5.79. The third-order valence-electron chi connectivity index (χ3n) is 2.74. The molecule has 1 N–H and O–H groups in total. The number of carbonyl (C=O) groups is 2. The molecule has 22 heavy (non-hydrogen) atoms. The number of benzene rings is 1. The highest BCUT2D eigenvalue weighted by Gasteiger charge is 2.28. The molecule has 8 heteroatoms. The van der Waals surface area contributed by atoms with E-state index < -0.39 is 18.8 Å². The van der Waals surface area contributed by atoms with Crippen molar-refractivity contribution in [2.45, 2.75) is 19.0 Å². The Labute approximate surface area is 125 Å². The molecule has 5 nitrogen and oxygen atoms in total. The van der Waals surface area contributed by atoms with Crippen LogP contribution in [0, 0.1) is 0 Å². The Bertz CT molecular complexity index is 531. The van der Waals surface area contributed by atoms with Crippen LogP contribution < -0.4 is 4.74 Å². The first-order chi connectivity index (χ1) is 10.2. The van der Waals surface area contributed by atoms with Crippen molar-refractivity contribution in [1.29, 1.82) is 0 Å². The Kier molecular flexibility index (Phi) is 6.21. The van der Waals surface area contributed by atoms with Crippen LogP contribution in [0.5, 0.6) is 5.75 Å². The minimum absolute atomic E-state index is 0.0239. The van der Waals surface area contributed by atoms with Crippen molar-refractivity contribution in [3.05, 3.63) is 29.8 Å². The number of ether oxygens (including phenoxy) is 1. The highest BCUT2D eigenvalue weighted by atomic mass is 19.4. The van der Waals surface area contributed by atoms with Crippen LogP contribution in [0.1, 0.15) is 12.0 Å². The highest BCUT2D eigenvalue weighted by Crippen LogP contribution is 2.19. The van der Waals surface area contributed by atoms with E-state index >= 15 is 0 Å². The maximum absolute atomic E-state index is 12.1. The monoisotopic (exact) mass is 319 g/mol. The molecule has 122 valence electrons. The largest absolute Gasteiger partial charge is 0.484 e. The minimum Gasteiger partial charge on any atom is -0.484 e. The van der Waals surface area contributed by atoms with Crippen molar-refractivity contribution >= 4 is 11.9 Å². The number of nitrogens with zero attached hydrogens (tertiary/aromatic N) is 1. The lowest BCUT2D eigenvalue weighted by Crippen LogP contribution is -2.30. The number of aliphatic carboxylic acids is 1. The van der Waals surface area contributed by atoms with Crippen molar-refractivity contribution in [2.75, 3.05) is 20.2 Å². The molecule has 0 spiro atoms. The van der Waals surface area contributed by atoms with Gasteiger partial charge in [-0.1, -0.05) is 12.1 Å². The maximum atomic E-state index is 12.1. The first-order valence-electron chi connectivity index (χ1n) is 6.41. The summed E-state index contributed by atoms with van der Waals surface area (Å²) >= 11 is 0. The van der Waals surface area contributed by atoms with E-state index in [1.54, 1.807) is 6.07 Å². The molecule has 0 aromatic heterocycles. The number of carboxylic acids is 1. The smallest absolute Gasteiger partial charge is 0.422 e. The molecule has 0 aliphatic heterocycles. The van der Waals surface area contributed by atoms with Gasteiger partial charge in [0.15, 0.2) is 6.61 Å². The zero-order chi connectivity index (χ0) is 16.8. The minimum atomic E-state index is -4.43.